The molecule has 1 N–H and O–H groups in total. The maximum absolute atomic E-state index is 6.17. The smallest absolute Gasteiger partial charge is 0.0666 e. The molecule has 0 bridgehead atoms. The molecule has 1 aromatic carbocycles. The summed E-state index contributed by atoms with van der Waals surface area (Å²) in [5.74, 6) is 0. The maximum Gasteiger partial charge on any atom is 0.0666 e. The number of hydrogen-bond donors (Lipinski definition) is 1. The molecule has 0 aliphatic rings. The molecule has 0 aromatic heterocycles. The van der Waals surface area contributed by atoms with Gasteiger partial charge in [0, 0.05) is 6.04 Å². The molecule has 78 valence electrons. The Hall–Kier alpha value is -0.690. The van der Waals surface area contributed by atoms with Crippen molar-refractivity contribution in [3.8, 4) is 0 Å². The maximum atomic E-state index is 6.17. The fraction of sp³-hybridized carbons (Fsp3) is 0.500. The van der Waals surface area contributed by atoms with E-state index in [1.165, 1.54) is 12.8 Å². The van der Waals surface area contributed by atoms with E-state index >= 15 is 0 Å². The van der Waals surface area contributed by atoms with E-state index in [1.54, 1.807) is 0 Å². The van der Waals surface area contributed by atoms with E-state index in [1.807, 2.05) is 25.1 Å². The Morgan fingerprint density at radius 3 is 2.79 bits per heavy atom. The summed E-state index contributed by atoms with van der Waals surface area (Å²) in [6, 6.07) is 6.57. The second kappa shape index (κ2) is 5.26. The van der Waals surface area contributed by atoms with E-state index in [0.29, 0.717) is 6.04 Å². The van der Waals surface area contributed by atoms with Gasteiger partial charge in [0.15, 0.2) is 0 Å². The Bertz CT molecular complexity index is 296. The van der Waals surface area contributed by atoms with Crippen molar-refractivity contribution in [3.05, 3.63) is 28.8 Å². The molecule has 0 spiro atoms. The molecule has 0 heterocycles. The van der Waals surface area contributed by atoms with Crippen molar-refractivity contribution in [1.29, 1.82) is 0 Å². The van der Waals surface area contributed by atoms with E-state index in [2.05, 4.69) is 19.2 Å². The Balaban J connectivity index is 2.71. The van der Waals surface area contributed by atoms with Crippen LogP contribution in [0.5, 0.6) is 0 Å². The number of rotatable bonds is 4. The van der Waals surface area contributed by atoms with Gasteiger partial charge in [-0.3, -0.25) is 0 Å². The first-order valence-corrected chi connectivity index (χ1v) is 5.54. The lowest BCUT2D eigenvalue weighted by molar-refractivity contribution is 0.690. The summed E-state index contributed by atoms with van der Waals surface area (Å²) < 4.78 is 0. The van der Waals surface area contributed by atoms with E-state index in [-0.39, 0.29) is 0 Å². The number of hydrogen-bond acceptors (Lipinski definition) is 1. The highest BCUT2D eigenvalue weighted by Gasteiger charge is 2.05. The average molecular weight is 212 g/mol. The number of halogens is 1. The van der Waals surface area contributed by atoms with Crippen LogP contribution in [-0.2, 0) is 0 Å². The summed E-state index contributed by atoms with van der Waals surface area (Å²) in [5.41, 5.74) is 2.17. The summed E-state index contributed by atoms with van der Waals surface area (Å²) in [6.07, 6.45) is 2.36. The van der Waals surface area contributed by atoms with Crippen LogP contribution in [0.1, 0.15) is 32.3 Å². The molecule has 0 fully saturated rings. The molecule has 1 unspecified atom stereocenters. The fourth-order valence-corrected chi connectivity index (χ4v) is 1.71. The second-order valence-electron chi connectivity index (χ2n) is 3.77. The molecule has 0 aliphatic carbocycles. The van der Waals surface area contributed by atoms with Crippen LogP contribution in [0, 0.1) is 6.92 Å². The standard InChI is InChI=1S/C12H18ClN/c1-4-6-10(3)14-11-8-5-7-9(2)12(11)13/h5,7-8,10,14H,4,6H2,1-3H3. The summed E-state index contributed by atoms with van der Waals surface area (Å²) in [5, 5.41) is 4.26. The predicted molar refractivity (Wildman–Crippen MR) is 64.2 cm³/mol. The van der Waals surface area contributed by atoms with Gasteiger partial charge in [0.05, 0.1) is 10.7 Å². The topological polar surface area (TPSA) is 12.0 Å². The van der Waals surface area contributed by atoms with Crippen molar-refractivity contribution < 1.29 is 0 Å². The van der Waals surface area contributed by atoms with Gasteiger partial charge in [-0.2, -0.15) is 0 Å². The molecule has 0 saturated heterocycles. The van der Waals surface area contributed by atoms with Crippen molar-refractivity contribution in [2.45, 2.75) is 39.7 Å². The lowest BCUT2D eigenvalue weighted by atomic mass is 10.1. The number of nitrogens with one attached hydrogen (secondary N) is 1. The molecule has 0 aliphatic heterocycles. The van der Waals surface area contributed by atoms with Gasteiger partial charge in [0.1, 0.15) is 0 Å². The van der Waals surface area contributed by atoms with Gasteiger partial charge in [0.2, 0.25) is 0 Å². The van der Waals surface area contributed by atoms with Crippen LogP contribution in [0.3, 0.4) is 0 Å². The quantitative estimate of drug-likeness (QED) is 0.785. The molecule has 0 amide bonds. The van der Waals surface area contributed by atoms with Crippen molar-refractivity contribution >= 4 is 17.3 Å². The second-order valence-corrected chi connectivity index (χ2v) is 4.15. The summed E-state index contributed by atoms with van der Waals surface area (Å²) in [4.78, 5) is 0. The molecule has 2 heteroatoms. The van der Waals surface area contributed by atoms with Gasteiger partial charge < -0.3 is 5.32 Å². The van der Waals surface area contributed by atoms with Crippen LogP contribution in [0.4, 0.5) is 5.69 Å². The minimum Gasteiger partial charge on any atom is -0.381 e. The molecular weight excluding hydrogens is 194 g/mol. The number of aryl methyl sites for hydroxylation is 1. The Morgan fingerprint density at radius 1 is 1.43 bits per heavy atom. The zero-order valence-corrected chi connectivity index (χ0v) is 9.86. The van der Waals surface area contributed by atoms with Crippen LogP contribution in [-0.4, -0.2) is 6.04 Å². The van der Waals surface area contributed by atoms with Gasteiger partial charge in [-0.25, -0.2) is 0 Å². The summed E-state index contributed by atoms with van der Waals surface area (Å²) in [7, 11) is 0. The van der Waals surface area contributed by atoms with Crippen LogP contribution < -0.4 is 5.32 Å². The van der Waals surface area contributed by atoms with E-state index in [9.17, 15) is 0 Å². The fourth-order valence-electron chi connectivity index (χ4n) is 1.53. The van der Waals surface area contributed by atoms with E-state index < -0.39 is 0 Å². The van der Waals surface area contributed by atoms with Crippen LogP contribution >= 0.6 is 11.6 Å². The third kappa shape index (κ3) is 2.91. The van der Waals surface area contributed by atoms with Crippen molar-refractivity contribution in [2.24, 2.45) is 0 Å². The monoisotopic (exact) mass is 211 g/mol. The van der Waals surface area contributed by atoms with Crippen LogP contribution in [0.15, 0.2) is 18.2 Å². The lowest BCUT2D eigenvalue weighted by Crippen LogP contribution is -2.14. The number of anilines is 1. The highest BCUT2D eigenvalue weighted by Crippen LogP contribution is 2.25. The third-order valence-electron chi connectivity index (χ3n) is 2.32. The average Bonchev–Trinajstić information content (AvgIpc) is 2.13. The normalized spacial score (nSPS) is 12.6. The summed E-state index contributed by atoms with van der Waals surface area (Å²) in [6.45, 7) is 6.40. The molecule has 1 rings (SSSR count). The van der Waals surface area contributed by atoms with Crippen LogP contribution in [0.25, 0.3) is 0 Å². The minimum atomic E-state index is 0.485. The van der Waals surface area contributed by atoms with Gasteiger partial charge in [-0.05, 0) is 31.9 Å². The number of benzene rings is 1. The molecule has 0 saturated carbocycles. The van der Waals surface area contributed by atoms with Gasteiger partial charge >= 0.3 is 0 Å². The molecule has 0 radical (unpaired) electrons. The molecular formula is C12H18ClN. The Labute approximate surface area is 91.5 Å². The highest BCUT2D eigenvalue weighted by atomic mass is 35.5. The van der Waals surface area contributed by atoms with Crippen molar-refractivity contribution in [2.75, 3.05) is 5.32 Å². The zero-order chi connectivity index (χ0) is 10.6. The predicted octanol–water partition coefficient (Wildman–Crippen LogP) is 4.25. The first-order chi connectivity index (χ1) is 6.65. The molecule has 1 nitrogen and oxygen atoms in total. The Kier molecular flexibility index (Phi) is 4.27. The van der Waals surface area contributed by atoms with E-state index in [0.717, 1.165) is 16.3 Å². The highest BCUT2D eigenvalue weighted by molar-refractivity contribution is 6.34. The first-order valence-electron chi connectivity index (χ1n) is 5.16. The van der Waals surface area contributed by atoms with E-state index in [4.69, 9.17) is 11.6 Å². The largest absolute Gasteiger partial charge is 0.381 e. The third-order valence-corrected chi connectivity index (χ3v) is 2.82. The van der Waals surface area contributed by atoms with Gasteiger partial charge in [0.25, 0.3) is 0 Å². The summed E-state index contributed by atoms with van der Waals surface area (Å²) >= 11 is 6.17. The zero-order valence-electron chi connectivity index (χ0n) is 9.10. The lowest BCUT2D eigenvalue weighted by Gasteiger charge is -2.16. The Morgan fingerprint density at radius 2 is 2.14 bits per heavy atom. The molecule has 14 heavy (non-hydrogen) atoms. The first kappa shape index (κ1) is 11.4. The minimum absolute atomic E-state index is 0.485. The van der Waals surface area contributed by atoms with Crippen molar-refractivity contribution in [3.63, 3.8) is 0 Å². The van der Waals surface area contributed by atoms with Crippen molar-refractivity contribution in [1.82, 2.24) is 0 Å². The molecule has 1 aromatic rings. The molecule has 1 atom stereocenters. The SMILES string of the molecule is CCCC(C)Nc1cccc(C)c1Cl. The van der Waals surface area contributed by atoms with Gasteiger partial charge in [-0.1, -0.05) is 37.1 Å². The van der Waals surface area contributed by atoms with Crippen LogP contribution in [0.2, 0.25) is 5.02 Å². The van der Waals surface area contributed by atoms with Gasteiger partial charge in [-0.15, -0.1) is 0 Å².